The Morgan fingerprint density at radius 3 is 2.02 bits per heavy atom. The van der Waals surface area contributed by atoms with E-state index in [4.69, 9.17) is 9.84 Å². The number of aliphatic carboxylic acids is 1. The van der Waals surface area contributed by atoms with Crippen LogP contribution in [0.15, 0.2) is 30.3 Å². The molecule has 0 saturated heterocycles. The predicted octanol–water partition coefficient (Wildman–Crippen LogP) is 6.88. The summed E-state index contributed by atoms with van der Waals surface area (Å²) in [5.74, 6) is -1.37. The third kappa shape index (κ3) is 8.36. The zero-order chi connectivity index (χ0) is 35.0. The molecule has 0 bridgehead atoms. The fraction of sp³-hybridized carbons (Fsp3) is 0.533. The van der Waals surface area contributed by atoms with Crippen LogP contribution in [0.3, 0.4) is 0 Å². The maximum absolute atomic E-state index is 14.1. The number of hydrogen-bond acceptors (Lipinski definition) is 8. The third-order valence-corrected chi connectivity index (χ3v) is 8.40. The highest BCUT2D eigenvalue weighted by molar-refractivity contribution is 5.67. The quantitative estimate of drug-likeness (QED) is 0.215. The largest absolute Gasteiger partial charge is 0.586 e. The Bertz CT molecular complexity index is 1590. The first-order valence-corrected chi connectivity index (χ1v) is 15.1. The molecule has 2 aliphatic rings. The van der Waals surface area contributed by atoms with Crippen molar-refractivity contribution >= 4 is 17.6 Å². The molecule has 1 aromatic heterocycles. The average molecular weight is 693 g/mol. The molecule has 48 heavy (non-hydrogen) atoms. The van der Waals surface area contributed by atoms with Gasteiger partial charge in [-0.2, -0.15) is 31.1 Å². The van der Waals surface area contributed by atoms with E-state index in [1.807, 2.05) is 11.8 Å². The van der Waals surface area contributed by atoms with Gasteiger partial charge < -0.3 is 24.4 Å². The van der Waals surface area contributed by atoms with E-state index >= 15 is 0 Å². The Labute approximate surface area is 269 Å². The molecule has 5 rings (SSSR count). The zero-order valence-electron chi connectivity index (χ0n) is 25.8. The second-order valence-electron chi connectivity index (χ2n) is 12.0. The van der Waals surface area contributed by atoms with E-state index < -0.39 is 42.3 Å². The fourth-order valence-corrected chi connectivity index (χ4v) is 6.16. The van der Waals surface area contributed by atoms with Gasteiger partial charge in [-0.1, -0.05) is 5.10 Å². The SMILES string of the molecule is CCN(C[C@H]1CC[C@H](CC(=O)O)CC1)c1cc2c(cc1CN(Cc1cc(C(F)(F)F)cc(C(F)(F)F)c1)c1nnn(C)n1)OC(F)(F)O2. The number of halogens is 8. The number of aryl methyl sites for hydroxylation is 1. The fourth-order valence-electron chi connectivity index (χ4n) is 6.16. The number of tetrazole rings is 1. The van der Waals surface area contributed by atoms with Gasteiger partial charge in [0.05, 0.1) is 18.2 Å². The van der Waals surface area contributed by atoms with Gasteiger partial charge >= 0.3 is 24.6 Å². The molecular formula is C30H32F8N6O4. The topological polar surface area (TPSA) is 106 Å². The lowest BCUT2D eigenvalue weighted by molar-refractivity contribution is -0.286. The molecule has 262 valence electrons. The molecule has 0 unspecified atom stereocenters. The van der Waals surface area contributed by atoms with Crippen molar-refractivity contribution < 1.29 is 54.5 Å². The van der Waals surface area contributed by atoms with Gasteiger partial charge in [-0.25, -0.2) is 0 Å². The molecule has 1 aliphatic carbocycles. The van der Waals surface area contributed by atoms with E-state index in [0.717, 1.165) is 17.6 Å². The summed E-state index contributed by atoms with van der Waals surface area (Å²) >= 11 is 0. The molecule has 0 amide bonds. The lowest BCUT2D eigenvalue weighted by Crippen LogP contribution is -2.33. The number of aromatic nitrogens is 4. The summed E-state index contributed by atoms with van der Waals surface area (Å²) in [6, 6.07) is 3.87. The number of fused-ring (bicyclic) bond motifs is 1. The molecule has 1 aliphatic heterocycles. The monoisotopic (exact) mass is 692 g/mol. The highest BCUT2D eigenvalue weighted by Crippen LogP contribution is 2.46. The summed E-state index contributed by atoms with van der Waals surface area (Å²) in [5, 5.41) is 20.9. The molecule has 0 atom stereocenters. The Balaban J connectivity index is 1.51. The number of alkyl halides is 8. The Hall–Kier alpha value is -4.38. The van der Waals surface area contributed by atoms with Crippen LogP contribution in [-0.2, 0) is 37.3 Å². The second kappa shape index (κ2) is 13.3. The standard InChI is InChI=1S/C30H32F8N6O4/c1-3-43(14-18-6-4-17(5-7-18)10-26(45)46)23-13-25-24(47-30(37,38)48-25)11-20(23)16-44(27-39-41-42(2)40-27)15-19-8-21(28(31,32)33)12-22(9-19)29(34,35)36/h8-9,11-13,17-18H,3-7,10,14-16H2,1-2H3,(H,45,46)/t17-,18-. The van der Waals surface area contributed by atoms with Crippen molar-refractivity contribution in [1.82, 2.24) is 20.2 Å². The van der Waals surface area contributed by atoms with Crippen LogP contribution in [0, 0.1) is 11.8 Å². The minimum atomic E-state index is -5.07. The normalized spacial score (nSPS) is 19.0. The Morgan fingerprint density at radius 2 is 1.50 bits per heavy atom. The Kier molecular flexibility index (Phi) is 9.65. The van der Waals surface area contributed by atoms with Crippen molar-refractivity contribution in [3.8, 4) is 11.5 Å². The number of rotatable bonds is 11. The van der Waals surface area contributed by atoms with Gasteiger partial charge in [0.2, 0.25) is 0 Å². The van der Waals surface area contributed by atoms with Crippen molar-refractivity contribution in [2.24, 2.45) is 18.9 Å². The molecule has 18 heteroatoms. The molecule has 0 spiro atoms. The minimum Gasteiger partial charge on any atom is -0.481 e. The van der Waals surface area contributed by atoms with Gasteiger partial charge in [0, 0.05) is 44.4 Å². The van der Waals surface area contributed by atoms with Crippen LogP contribution in [0.25, 0.3) is 0 Å². The van der Waals surface area contributed by atoms with E-state index in [9.17, 15) is 39.9 Å². The smallest absolute Gasteiger partial charge is 0.481 e. The second-order valence-corrected chi connectivity index (χ2v) is 12.0. The maximum Gasteiger partial charge on any atom is 0.586 e. The first-order valence-electron chi connectivity index (χ1n) is 15.1. The molecule has 3 aromatic rings. The van der Waals surface area contributed by atoms with E-state index in [2.05, 4.69) is 20.1 Å². The van der Waals surface area contributed by atoms with Gasteiger partial charge in [0.25, 0.3) is 5.95 Å². The number of carboxylic acid groups (broad SMARTS) is 1. The molecule has 2 heterocycles. The summed E-state index contributed by atoms with van der Waals surface area (Å²) in [4.78, 5) is 15.4. The van der Waals surface area contributed by atoms with Crippen molar-refractivity contribution in [2.75, 3.05) is 22.9 Å². The molecule has 1 fully saturated rings. The lowest BCUT2D eigenvalue weighted by Gasteiger charge is -2.34. The van der Waals surface area contributed by atoms with Gasteiger partial charge in [-0.05, 0) is 85.0 Å². The van der Waals surface area contributed by atoms with Crippen LogP contribution in [0.5, 0.6) is 11.5 Å². The summed E-state index contributed by atoms with van der Waals surface area (Å²) in [5.41, 5.74) is -2.61. The van der Waals surface area contributed by atoms with Gasteiger partial charge in [-0.3, -0.25) is 4.79 Å². The average Bonchev–Trinajstić information content (AvgIpc) is 3.55. The van der Waals surface area contributed by atoms with E-state index in [1.165, 1.54) is 24.1 Å². The number of hydrogen-bond donors (Lipinski definition) is 1. The molecule has 1 N–H and O–H groups in total. The van der Waals surface area contributed by atoms with Crippen LogP contribution >= 0.6 is 0 Å². The molecule has 0 radical (unpaired) electrons. The van der Waals surface area contributed by atoms with Crippen LogP contribution in [0.4, 0.5) is 46.8 Å². The van der Waals surface area contributed by atoms with Gasteiger partial charge in [0.1, 0.15) is 0 Å². The molecular weight excluding hydrogens is 660 g/mol. The van der Waals surface area contributed by atoms with Crippen molar-refractivity contribution in [3.63, 3.8) is 0 Å². The lowest BCUT2D eigenvalue weighted by atomic mass is 9.80. The van der Waals surface area contributed by atoms with Crippen molar-refractivity contribution in [2.45, 2.75) is 70.8 Å². The van der Waals surface area contributed by atoms with Crippen molar-refractivity contribution in [1.29, 1.82) is 0 Å². The van der Waals surface area contributed by atoms with Crippen molar-refractivity contribution in [3.05, 3.63) is 52.6 Å². The van der Waals surface area contributed by atoms with Gasteiger partial charge in [0.15, 0.2) is 11.5 Å². The summed E-state index contributed by atoms with van der Waals surface area (Å²) in [6.45, 7) is 1.89. The molecule has 2 aromatic carbocycles. The summed E-state index contributed by atoms with van der Waals surface area (Å²) in [7, 11) is 1.42. The van der Waals surface area contributed by atoms with E-state index in [1.54, 1.807) is 0 Å². The first kappa shape index (κ1) is 34.9. The van der Waals surface area contributed by atoms with E-state index in [-0.39, 0.29) is 53.9 Å². The van der Waals surface area contributed by atoms with E-state index in [0.29, 0.717) is 49.3 Å². The zero-order valence-corrected chi connectivity index (χ0v) is 25.8. The minimum absolute atomic E-state index is 0.0266. The third-order valence-electron chi connectivity index (χ3n) is 8.40. The van der Waals surface area contributed by atoms with Crippen LogP contribution in [-0.4, -0.2) is 50.7 Å². The number of carboxylic acids is 1. The summed E-state index contributed by atoms with van der Waals surface area (Å²) < 4.78 is 120. The number of anilines is 2. The number of carbonyl (C=O) groups is 1. The molecule has 10 nitrogen and oxygen atoms in total. The maximum atomic E-state index is 14.1. The van der Waals surface area contributed by atoms with Crippen LogP contribution in [0.2, 0.25) is 0 Å². The van der Waals surface area contributed by atoms with Gasteiger partial charge in [-0.15, -0.1) is 13.9 Å². The Morgan fingerprint density at radius 1 is 0.917 bits per heavy atom. The predicted molar refractivity (Wildman–Crippen MR) is 153 cm³/mol. The summed E-state index contributed by atoms with van der Waals surface area (Å²) in [6.07, 6.45) is -11.2. The van der Waals surface area contributed by atoms with Crippen LogP contribution in [0.1, 0.15) is 61.3 Å². The molecule has 1 saturated carbocycles. The number of nitrogens with zero attached hydrogens (tertiary/aromatic N) is 6. The first-order chi connectivity index (χ1) is 22.4. The number of benzene rings is 2. The highest BCUT2D eigenvalue weighted by Gasteiger charge is 2.44. The highest BCUT2D eigenvalue weighted by atomic mass is 19.4. The van der Waals surface area contributed by atoms with Crippen LogP contribution < -0.4 is 19.3 Å². The number of ether oxygens (including phenoxy) is 2.